The summed E-state index contributed by atoms with van der Waals surface area (Å²) >= 11 is 0. The molecule has 33 heavy (non-hydrogen) atoms. The predicted molar refractivity (Wildman–Crippen MR) is 128 cm³/mol. The number of carbonyl (C=O) groups excluding carboxylic acids is 2. The molecule has 1 N–H and O–H groups in total. The summed E-state index contributed by atoms with van der Waals surface area (Å²) in [6.07, 6.45) is 5.36. The number of hydrogen-bond donors (Lipinski definition) is 1. The molecule has 2 heterocycles. The predicted octanol–water partition coefficient (Wildman–Crippen LogP) is 3.04. The van der Waals surface area contributed by atoms with Crippen molar-refractivity contribution in [1.82, 2.24) is 14.8 Å². The Morgan fingerprint density at radius 1 is 1.36 bits per heavy atom. The van der Waals surface area contributed by atoms with Crippen molar-refractivity contribution in [1.29, 1.82) is 0 Å². The molecule has 0 radical (unpaired) electrons. The number of hydrogen-bond acceptors (Lipinski definition) is 5. The van der Waals surface area contributed by atoms with Crippen LogP contribution in [0.15, 0.2) is 48.7 Å². The lowest BCUT2D eigenvalue weighted by molar-refractivity contribution is -0.130. The first kappa shape index (κ1) is 24.5. The van der Waals surface area contributed by atoms with Gasteiger partial charge in [0.05, 0.1) is 25.6 Å². The smallest absolute Gasteiger partial charge is 0.259 e. The lowest BCUT2D eigenvalue weighted by Gasteiger charge is -2.37. The number of aromatic nitrogens is 1. The summed E-state index contributed by atoms with van der Waals surface area (Å²) in [7, 11) is 1.77. The topological polar surface area (TPSA) is 83.0 Å². The number of fused-ring (bicyclic) bond motifs is 1. The first-order chi connectivity index (χ1) is 15.8. The van der Waals surface area contributed by atoms with Crippen LogP contribution in [-0.4, -0.2) is 70.6 Å². The van der Waals surface area contributed by atoms with Crippen molar-refractivity contribution in [2.45, 2.75) is 39.3 Å². The van der Waals surface area contributed by atoms with Crippen LogP contribution >= 0.6 is 0 Å². The fraction of sp³-hybridized carbons (Fsp3) is 0.423. The van der Waals surface area contributed by atoms with Crippen LogP contribution < -0.4 is 4.74 Å². The van der Waals surface area contributed by atoms with E-state index in [0.29, 0.717) is 25.1 Å². The van der Waals surface area contributed by atoms with E-state index in [1.807, 2.05) is 63.3 Å². The molecule has 3 rings (SSSR count). The molecule has 2 amide bonds. The van der Waals surface area contributed by atoms with Gasteiger partial charge in [-0.2, -0.15) is 0 Å². The van der Waals surface area contributed by atoms with Gasteiger partial charge in [-0.15, -0.1) is 0 Å². The van der Waals surface area contributed by atoms with Gasteiger partial charge in [-0.05, 0) is 31.0 Å². The minimum atomic E-state index is -0.366. The number of carbonyl (C=O) groups is 2. The molecule has 0 fully saturated rings. The van der Waals surface area contributed by atoms with Gasteiger partial charge in [0, 0.05) is 25.7 Å². The molecule has 7 nitrogen and oxygen atoms in total. The molecule has 1 aliphatic rings. The molecule has 7 heteroatoms. The molecular formula is C26H33N3O4. The zero-order chi connectivity index (χ0) is 24.0. The Bertz CT molecular complexity index is 992. The first-order valence-corrected chi connectivity index (χ1v) is 11.3. The molecule has 1 aliphatic heterocycles. The van der Waals surface area contributed by atoms with E-state index in [1.54, 1.807) is 29.1 Å². The molecule has 0 aliphatic carbocycles. The highest BCUT2D eigenvalue weighted by atomic mass is 16.5. The van der Waals surface area contributed by atoms with Crippen molar-refractivity contribution in [3.05, 3.63) is 65.4 Å². The van der Waals surface area contributed by atoms with E-state index >= 15 is 0 Å². The summed E-state index contributed by atoms with van der Waals surface area (Å²) in [5, 5.41) is 9.76. The minimum absolute atomic E-state index is 0.00710. The van der Waals surface area contributed by atoms with Crippen molar-refractivity contribution >= 4 is 17.9 Å². The summed E-state index contributed by atoms with van der Waals surface area (Å²) in [5.74, 6) is -0.0551. The van der Waals surface area contributed by atoms with Gasteiger partial charge in [-0.1, -0.05) is 49.4 Å². The quantitative estimate of drug-likeness (QED) is 0.700. The van der Waals surface area contributed by atoms with Crippen molar-refractivity contribution < 1.29 is 19.4 Å². The Hall–Kier alpha value is -3.19. The molecule has 176 valence electrons. The molecule has 1 aromatic carbocycles. The number of aliphatic hydroxyl groups excluding tert-OH is 1. The Morgan fingerprint density at radius 3 is 2.76 bits per heavy atom. The average molecular weight is 452 g/mol. The third kappa shape index (κ3) is 5.99. The lowest BCUT2D eigenvalue weighted by atomic mass is 9.99. The second-order valence-electron chi connectivity index (χ2n) is 8.68. The molecule has 0 saturated carbocycles. The standard InChI is InChI=1S/C26H33N3O4/c1-5-9-21-12-22-25(27-14-21)33-23(18(2)15-29(26(22)32)19(3)17-30)16-28(4)24(31)13-20-10-7-6-8-11-20/h5-12,14,18-19,23,30H,13,15-17H2,1-4H3/b9-5+/t18-,19-,23+/m0/s1. The van der Waals surface area contributed by atoms with E-state index in [0.717, 1.165) is 11.1 Å². The second kappa shape index (κ2) is 11.1. The molecule has 0 bridgehead atoms. The van der Waals surface area contributed by atoms with Gasteiger partial charge in [0.25, 0.3) is 5.91 Å². The van der Waals surface area contributed by atoms with Gasteiger partial charge in [-0.25, -0.2) is 4.98 Å². The number of ether oxygens (including phenoxy) is 1. The molecule has 1 aromatic heterocycles. The Kier molecular flexibility index (Phi) is 8.22. The lowest BCUT2D eigenvalue weighted by Crippen LogP contribution is -2.50. The normalized spacial score (nSPS) is 19.4. The summed E-state index contributed by atoms with van der Waals surface area (Å²) < 4.78 is 6.25. The van der Waals surface area contributed by atoms with E-state index in [4.69, 9.17) is 4.74 Å². The number of benzene rings is 1. The highest BCUT2D eigenvalue weighted by molar-refractivity contribution is 5.97. The van der Waals surface area contributed by atoms with Gasteiger partial charge in [0.15, 0.2) is 0 Å². The largest absolute Gasteiger partial charge is 0.472 e. The maximum absolute atomic E-state index is 13.3. The second-order valence-corrected chi connectivity index (χ2v) is 8.68. The third-order valence-corrected chi connectivity index (χ3v) is 5.98. The summed E-state index contributed by atoms with van der Waals surface area (Å²) in [6.45, 7) is 6.33. The highest BCUT2D eigenvalue weighted by Crippen LogP contribution is 2.27. The zero-order valence-corrected chi connectivity index (χ0v) is 19.8. The first-order valence-electron chi connectivity index (χ1n) is 11.3. The van der Waals surface area contributed by atoms with Crippen LogP contribution in [0.2, 0.25) is 0 Å². The van der Waals surface area contributed by atoms with Crippen LogP contribution in [0.25, 0.3) is 6.08 Å². The molecule has 3 atom stereocenters. The monoisotopic (exact) mass is 451 g/mol. The average Bonchev–Trinajstić information content (AvgIpc) is 2.82. The molecule has 0 saturated heterocycles. The van der Waals surface area contributed by atoms with Gasteiger partial charge in [0.2, 0.25) is 11.8 Å². The van der Waals surface area contributed by atoms with E-state index < -0.39 is 0 Å². The van der Waals surface area contributed by atoms with Crippen LogP contribution in [0.3, 0.4) is 0 Å². The Labute approximate surface area is 195 Å². The molecule has 0 spiro atoms. The summed E-state index contributed by atoms with van der Waals surface area (Å²) in [6, 6.07) is 11.0. The number of likely N-dealkylation sites (N-methyl/N-ethyl adjacent to an activating group) is 1. The van der Waals surface area contributed by atoms with Gasteiger partial charge in [0.1, 0.15) is 11.7 Å². The van der Waals surface area contributed by atoms with Crippen LogP contribution in [0.1, 0.15) is 42.3 Å². The van der Waals surface area contributed by atoms with Crippen molar-refractivity contribution in [3.63, 3.8) is 0 Å². The number of aliphatic hydroxyl groups is 1. The van der Waals surface area contributed by atoms with Crippen molar-refractivity contribution in [2.24, 2.45) is 5.92 Å². The minimum Gasteiger partial charge on any atom is -0.472 e. The number of pyridine rings is 1. The van der Waals surface area contributed by atoms with Crippen LogP contribution in [0.5, 0.6) is 5.88 Å². The molecule has 0 unspecified atom stereocenters. The van der Waals surface area contributed by atoms with E-state index in [1.165, 1.54) is 0 Å². The number of nitrogens with zero attached hydrogens (tertiary/aromatic N) is 3. The zero-order valence-electron chi connectivity index (χ0n) is 19.8. The van der Waals surface area contributed by atoms with Crippen molar-refractivity contribution in [3.8, 4) is 5.88 Å². The van der Waals surface area contributed by atoms with Gasteiger partial charge >= 0.3 is 0 Å². The Morgan fingerprint density at radius 2 is 2.09 bits per heavy atom. The maximum Gasteiger partial charge on any atom is 0.259 e. The van der Waals surface area contributed by atoms with Gasteiger partial charge < -0.3 is 19.6 Å². The fourth-order valence-electron chi connectivity index (χ4n) is 3.90. The molecular weight excluding hydrogens is 418 g/mol. The fourth-order valence-corrected chi connectivity index (χ4v) is 3.90. The highest BCUT2D eigenvalue weighted by Gasteiger charge is 2.34. The summed E-state index contributed by atoms with van der Waals surface area (Å²) in [5.41, 5.74) is 2.12. The van der Waals surface area contributed by atoms with Gasteiger partial charge in [-0.3, -0.25) is 9.59 Å². The third-order valence-electron chi connectivity index (χ3n) is 5.98. The van der Waals surface area contributed by atoms with Crippen molar-refractivity contribution in [2.75, 3.05) is 26.7 Å². The van der Waals surface area contributed by atoms with Crippen LogP contribution in [0, 0.1) is 5.92 Å². The maximum atomic E-state index is 13.3. The number of amides is 2. The Balaban J connectivity index is 1.87. The van der Waals surface area contributed by atoms with E-state index in [2.05, 4.69) is 4.98 Å². The van der Waals surface area contributed by atoms with E-state index in [-0.39, 0.29) is 42.4 Å². The van der Waals surface area contributed by atoms with Crippen LogP contribution in [0.4, 0.5) is 0 Å². The van der Waals surface area contributed by atoms with E-state index in [9.17, 15) is 14.7 Å². The number of allylic oxidation sites excluding steroid dienone is 1. The molecule has 2 aromatic rings. The number of rotatable bonds is 7. The SMILES string of the molecule is C/C=C/c1cnc2c(c1)C(=O)N([C@@H](C)CO)C[C@H](C)[C@@H](CN(C)C(=O)Cc1ccccc1)O2. The summed E-state index contributed by atoms with van der Waals surface area (Å²) in [4.78, 5) is 33.9. The van der Waals surface area contributed by atoms with Crippen LogP contribution in [-0.2, 0) is 11.2 Å².